The van der Waals surface area contributed by atoms with Crippen molar-refractivity contribution in [2.45, 2.75) is 0 Å². The topological polar surface area (TPSA) is 55.1 Å². The van der Waals surface area contributed by atoms with Gasteiger partial charge < -0.3 is 11.1 Å². The van der Waals surface area contributed by atoms with Gasteiger partial charge in [-0.3, -0.25) is 4.79 Å². The second-order valence-electron chi connectivity index (χ2n) is 3.17. The van der Waals surface area contributed by atoms with Crippen LogP contribution in [0.2, 0.25) is 0 Å². The highest BCUT2D eigenvalue weighted by molar-refractivity contribution is 7.08. The van der Waals surface area contributed by atoms with Crippen molar-refractivity contribution in [3.8, 4) is 0 Å². The molecule has 0 spiro atoms. The molecule has 0 bridgehead atoms. The summed E-state index contributed by atoms with van der Waals surface area (Å²) in [5.41, 5.74) is 6.30. The highest BCUT2D eigenvalue weighted by Crippen LogP contribution is 2.22. The van der Waals surface area contributed by atoms with E-state index >= 15 is 0 Å². The van der Waals surface area contributed by atoms with Gasteiger partial charge in [-0.25, -0.2) is 4.39 Å². The SMILES string of the molecule is Nc1cccc(F)c1NC(=O)c1ccsc1. The molecular formula is C11H9FN2OS. The van der Waals surface area contributed by atoms with Crippen LogP contribution in [-0.4, -0.2) is 5.91 Å². The molecule has 82 valence electrons. The normalized spacial score (nSPS) is 10.1. The predicted octanol–water partition coefficient (Wildman–Crippen LogP) is 2.72. The Morgan fingerprint density at radius 3 is 2.81 bits per heavy atom. The highest BCUT2D eigenvalue weighted by Gasteiger charge is 2.11. The van der Waals surface area contributed by atoms with E-state index in [9.17, 15) is 9.18 Å². The van der Waals surface area contributed by atoms with E-state index in [4.69, 9.17) is 5.73 Å². The molecule has 2 aromatic rings. The van der Waals surface area contributed by atoms with Gasteiger partial charge in [-0.15, -0.1) is 0 Å². The van der Waals surface area contributed by atoms with E-state index in [1.807, 2.05) is 0 Å². The average Bonchev–Trinajstić information content (AvgIpc) is 2.76. The molecular weight excluding hydrogens is 227 g/mol. The largest absolute Gasteiger partial charge is 0.397 e. The third-order valence-electron chi connectivity index (χ3n) is 2.07. The van der Waals surface area contributed by atoms with E-state index in [1.54, 1.807) is 16.8 Å². The molecule has 0 saturated heterocycles. The van der Waals surface area contributed by atoms with E-state index in [0.717, 1.165) is 0 Å². The van der Waals surface area contributed by atoms with Gasteiger partial charge in [-0.05, 0) is 23.6 Å². The molecule has 3 nitrogen and oxygen atoms in total. The van der Waals surface area contributed by atoms with Gasteiger partial charge in [-0.1, -0.05) is 6.07 Å². The summed E-state index contributed by atoms with van der Waals surface area (Å²) in [5.74, 6) is -0.901. The molecule has 5 heteroatoms. The van der Waals surface area contributed by atoms with Crippen molar-refractivity contribution in [1.29, 1.82) is 0 Å². The van der Waals surface area contributed by atoms with Crippen LogP contribution in [0.5, 0.6) is 0 Å². The Kier molecular flexibility index (Phi) is 2.87. The van der Waals surface area contributed by atoms with Gasteiger partial charge in [0.2, 0.25) is 0 Å². The van der Waals surface area contributed by atoms with Crippen molar-refractivity contribution in [1.82, 2.24) is 0 Å². The van der Waals surface area contributed by atoms with Crippen LogP contribution in [0.15, 0.2) is 35.0 Å². The maximum atomic E-state index is 13.4. The molecule has 1 amide bonds. The number of nitrogens with one attached hydrogen (secondary N) is 1. The van der Waals surface area contributed by atoms with Crippen LogP contribution in [0, 0.1) is 5.82 Å². The van der Waals surface area contributed by atoms with Gasteiger partial charge in [0.05, 0.1) is 11.3 Å². The van der Waals surface area contributed by atoms with Crippen LogP contribution in [0.4, 0.5) is 15.8 Å². The van der Waals surface area contributed by atoms with Crippen LogP contribution in [0.1, 0.15) is 10.4 Å². The van der Waals surface area contributed by atoms with Crippen LogP contribution in [0.25, 0.3) is 0 Å². The molecule has 0 aliphatic carbocycles. The molecule has 0 atom stereocenters. The number of carbonyl (C=O) groups is 1. The smallest absolute Gasteiger partial charge is 0.256 e. The third kappa shape index (κ3) is 2.04. The maximum absolute atomic E-state index is 13.4. The summed E-state index contributed by atoms with van der Waals surface area (Å²) in [5, 5.41) is 5.91. The standard InChI is InChI=1S/C11H9FN2OS/c12-8-2-1-3-9(13)10(8)14-11(15)7-4-5-16-6-7/h1-6H,13H2,(H,14,15). The fourth-order valence-corrected chi connectivity index (χ4v) is 1.89. The van der Waals surface area contributed by atoms with Crippen LogP contribution < -0.4 is 11.1 Å². The number of rotatable bonds is 2. The van der Waals surface area contributed by atoms with E-state index in [2.05, 4.69) is 5.32 Å². The average molecular weight is 236 g/mol. The first kappa shape index (κ1) is 10.6. The Bertz CT molecular complexity index is 490. The van der Waals surface area contributed by atoms with Gasteiger partial charge >= 0.3 is 0 Å². The van der Waals surface area contributed by atoms with Crippen LogP contribution in [0.3, 0.4) is 0 Å². The molecule has 0 radical (unpaired) electrons. The molecule has 3 N–H and O–H groups in total. The van der Waals surface area contributed by atoms with Crippen molar-refractivity contribution in [2.75, 3.05) is 11.1 Å². The van der Waals surface area contributed by atoms with Gasteiger partial charge in [0.25, 0.3) is 5.91 Å². The lowest BCUT2D eigenvalue weighted by Gasteiger charge is -2.07. The van der Waals surface area contributed by atoms with E-state index < -0.39 is 5.82 Å². The molecule has 0 aliphatic rings. The zero-order valence-electron chi connectivity index (χ0n) is 8.24. The molecule has 1 aromatic carbocycles. The number of carbonyl (C=O) groups excluding carboxylic acids is 1. The Balaban J connectivity index is 2.25. The summed E-state index contributed by atoms with van der Waals surface area (Å²) in [6.45, 7) is 0. The number of benzene rings is 1. The van der Waals surface area contributed by atoms with Crippen molar-refractivity contribution in [3.05, 3.63) is 46.4 Å². The second kappa shape index (κ2) is 4.32. The molecule has 0 aliphatic heterocycles. The summed E-state index contributed by atoms with van der Waals surface area (Å²) in [6, 6.07) is 5.94. The quantitative estimate of drug-likeness (QED) is 0.788. The lowest BCUT2D eigenvalue weighted by atomic mass is 10.2. The molecule has 1 heterocycles. The van der Waals surface area contributed by atoms with E-state index in [0.29, 0.717) is 5.56 Å². The van der Waals surface area contributed by atoms with Crippen molar-refractivity contribution >= 4 is 28.6 Å². The first-order valence-corrected chi connectivity index (χ1v) is 5.50. The highest BCUT2D eigenvalue weighted by atomic mass is 32.1. The monoisotopic (exact) mass is 236 g/mol. The summed E-state index contributed by atoms with van der Waals surface area (Å²) in [4.78, 5) is 11.7. The number of thiophene rings is 1. The van der Waals surface area contributed by atoms with Gasteiger partial charge in [-0.2, -0.15) is 11.3 Å². The number of hydrogen-bond donors (Lipinski definition) is 2. The second-order valence-corrected chi connectivity index (χ2v) is 3.95. The van der Waals surface area contributed by atoms with Crippen LogP contribution >= 0.6 is 11.3 Å². The fourth-order valence-electron chi connectivity index (χ4n) is 1.25. The van der Waals surface area contributed by atoms with Gasteiger partial charge in [0, 0.05) is 5.38 Å². The molecule has 0 unspecified atom stereocenters. The van der Waals surface area contributed by atoms with Crippen LogP contribution in [-0.2, 0) is 0 Å². The number of nitrogens with two attached hydrogens (primary N) is 1. The Hall–Kier alpha value is -1.88. The van der Waals surface area contributed by atoms with Gasteiger partial charge in [0.15, 0.2) is 0 Å². The number of halogens is 1. The van der Waals surface area contributed by atoms with Crippen molar-refractivity contribution in [2.24, 2.45) is 0 Å². The number of amides is 1. The molecule has 0 saturated carbocycles. The Labute approximate surface area is 95.7 Å². The van der Waals surface area contributed by atoms with E-state index in [-0.39, 0.29) is 17.3 Å². The first-order chi connectivity index (χ1) is 7.68. The van der Waals surface area contributed by atoms with Crippen molar-refractivity contribution in [3.63, 3.8) is 0 Å². The lowest BCUT2D eigenvalue weighted by molar-refractivity contribution is 0.102. The summed E-state index contributed by atoms with van der Waals surface area (Å²) >= 11 is 1.40. The lowest BCUT2D eigenvalue weighted by Crippen LogP contribution is -2.13. The predicted molar refractivity (Wildman–Crippen MR) is 63.1 cm³/mol. The summed E-state index contributed by atoms with van der Waals surface area (Å²) < 4.78 is 13.4. The third-order valence-corrected chi connectivity index (χ3v) is 2.75. The molecule has 2 rings (SSSR count). The summed E-state index contributed by atoms with van der Waals surface area (Å²) in [7, 11) is 0. The number of nitrogen functional groups attached to an aromatic ring is 1. The minimum absolute atomic E-state index is 0.0266. The molecule has 16 heavy (non-hydrogen) atoms. The molecule has 1 aromatic heterocycles. The summed E-state index contributed by atoms with van der Waals surface area (Å²) in [6.07, 6.45) is 0. The Morgan fingerprint density at radius 2 is 2.19 bits per heavy atom. The fraction of sp³-hybridized carbons (Fsp3) is 0. The molecule has 0 fully saturated rings. The van der Waals surface area contributed by atoms with Gasteiger partial charge in [0.1, 0.15) is 11.5 Å². The first-order valence-electron chi connectivity index (χ1n) is 4.56. The zero-order chi connectivity index (χ0) is 11.5. The number of anilines is 2. The van der Waals surface area contributed by atoms with Crippen molar-refractivity contribution < 1.29 is 9.18 Å². The maximum Gasteiger partial charge on any atom is 0.256 e. The number of hydrogen-bond acceptors (Lipinski definition) is 3. The zero-order valence-corrected chi connectivity index (χ0v) is 9.05. The minimum atomic E-state index is -0.538. The van der Waals surface area contributed by atoms with E-state index in [1.165, 1.54) is 29.5 Å². The Morgan fingerprint density at radius 1 is 1.38 bits per heavy atom. The number of para-hydroxylation sites is 1. The minimum Gasteiger partial charge on any atom is -0.397 e.